The number of allylic oxidation sites excluding steroid dienone is 1. The van der Waals surface area contributed by atoms with Gasteiger partial charge in [0, 0.05) is 11.6 Å². The van der Waals surface area contributed by atoms with Crippen LogP contribution in [0.3, 0.4) is 0 Å². The van der Waals surface area contributed by atoms with Crippen LogP contribution in [0.25, 0.3) is 11.5 Å². The Bertz CT molecular complexity index is 861. The van der Waals surface area contributed by atoms with Gasteiger partial charge in [0.2, 0.25) is 10.9 Å². The Morgan fingerprint density at radius 2 is 2.04 bits per heavy atom. The highest BCUT2D eigenvalue weighted by atomic mass is 32.2. The minimum Gasteiger partial charge on any atom is -0.440 e. The molecule has 7 heteroatoms. The Hall–Kier alpha value is -1.86. The SMILES string of the molecule is Cc1noc(-c2ccc(S(=O)(=O)NC(C)C3=CCCCC3)o2)c1C. The number of furan rings is 1. The van der Waals surface area contributed by atoms with Crippen molar-refractivity contribution < 1.29 is 17.4 Å². The average molecular weight is 350 g/mol. The van der Waals surface area contributed by atoms with Gasteiger partial charge in [-0.1, -0.05) is 16.8 Å². The summed E-state index contributed by atoms with van der Waals surface area (Å²) in [5.41, 5.74) is 2.72. The van der Waals surface area contributed by atoms with Crippen molar-refractivity contribution in [2.45, 2.75) is 57.6 Å². The second-order valence-electron chi connectivity index (χ2n) is 6.21. The zero-order valence-electron chi connectivity index (χ0n) is 14.1. The van der Waals surface area contributed by atoms with Crippen molar-refractivity contribution >= 4 is 10.0 Å². The molecule has 0 fully saturated rings. The van der Waals surface area contributed by atoms with Crippen LogP contribution in [0.2, 0.25) is 0 Å². The molecule has 0 amide bonds. The molecule has 0 radical (unpaired) electrons. The summed E-state index contributed by atoms with van der Waals surface area (Å²) in [5.74, 6) is 0.815. The molecule has 3 rings (SSSR count). The van der Waals surface area contributed by atoms with Crippen LogP contribution in [-0.4, -0.2) is 19.6 Å². The summed E-state index contributed by atoms with van der Waals surface area (Å²) in [6.07, 6.45) is 6.35. The Morgan fingerprint density at radius 1 is 1.25 bits per heavy atom. The molecular weight excluding hydrogens is 328 g/mol. The predicted octanol–water partition coefficient (Wildman–Crippen LogP) is 3.72. The van der Waals surface area contributed by atoms with Gasteiger partial charge < -0.3 is 8.94 Å². The van der Waals surface area contributed by atoms with E-state index in [9.17, 15) is 8.42 Å². The molecule has 1 atom stereocenters. The molecule has 2 heterocycles. The Morgan fingerprint density at radius 3 is 2.67 bits per heavy atom. The smallest absolute Gasteiger partial charge is 0.274 e. The van der Waals surface area contributed by atoms with Gasteiger partial charge in [-0.3, -0.25) is 0 Å². The number of nitrogens with zero attached hydrogens (tertiary/aromatic N) is 1. The summed E-state index contributed by atoms with van der Waals surface area (Å²) in [5, 5.41) is 3.75. The molecule has 1 unspecified atom stereocenters. The molecule has 6 nitrogen and oxygen atoms in total. The monoisotopic (exact) mass is 350 g/mol. The van der Waals surface area contributed by atoms with Crippen molar-refractivity contribution in [3.05, 3.63) is 35.0 Å². The molecule has 24 heavy (non-hydrogen) atoms. The Balaban J connectivity index is 1.80. The molecule has 0 saturated carbocycles. The first-order valence-corrected chi connectivity index (χ1v) is 9.61. The zero-order chi connectivity index (χ0) is 17.3. The normalized spacial score (nSPS) is 16.9. The lowest BCUT2D eigenvalue weighted by Gasteiger charge is -2.20. The first kappa shape index (κ1) is 17.0. The van der Waals surface area contributed by atoms with E-state index >= 15 is 0 Å². The van der Waals surface area contributed by atoms with Crippen molar-refractivity contribution in [2.75, 3.05) is 0 Å². The second-order valence-corrected chi connectivity index (χ2v) is 7.85. The first-order valence-electron chi connectivity index (χ1n) is 8.13. The van der Waals surface area contributed by atoms with Crippen molar-refractivity contribution in [1.29, 1.82) is 0 Å². The maximum atomic E-state index is 12.5. The van der Waals surface area contributed by atoms with E-state index in [-0.39, 0.29) is 11.1 Å². The molecule has 0 spiro atoms. The fraction of sp³-hybridized carbons (Fsp3) is 0.471. The molecule has 0 aliphatic heterocycles. The van der Waals surface area contributed by atoms with Gasteiger partial charge >= 0.3 is 0 Å². The Kier molecular flexibility index (Phi) is 4.64. The molecule has 0 aromatic carbocycles. The summed E-state index contributed by atoms with van der Waals surface area (Å²) in [6, 6.07) is 2.79. The van der Waals surface area contributed by atoms with Gasteiger partial charge in [-0.2, -0.15) is 0 Å². The first-order chi connectivity index (χ1) is 11.4. The predicted molar refractivity (Wildman–Crippen MR) is 90.0 cm³/mol. The van der Waals surface area contributed by atoms with Crippen molar-refractivity contribution in [1.82, 2.24) is 9.88 Å². The number of nitrogens with one attached hydrogen (secondary N) is 1. The largest absolute Gasteiger partial charge is 0.440 e. The number of hydrogen-bond donors (Lipinski definition) is 1. The quantitative estimate of drug-likeness (QED) is 0.831. The standard InChI is InChI=1S/C17H22N2O4S/c1-11-12(2)18-23-17(11)15-9-10-16(22-15)24(20,21)19-13(3)14-7-5-4-6-8-14/h7,9-10,13,19H,4-6,8H2,1-3H3. The molecule has 2 aromatic heterocycles. The lowest BCUT2D eigenvalue weighted by Crippen LogP contribution is -2.34. The van der Waals surface area contributed by atoms with Gasteiger partial charge in [0.1, 0.15) is 0 Å². The van der Waals surface area contributed by atoms with Gasteiger partial charge in [0.25, 0.3) is 10.0 Å². The number of hydrogen-bond acceptors (Lipinski definition) is 5. The van der Waals surface area contributed by atoms with Crippen LogP contribution in [0, 0.1) is 13.8 Å². The molecule has 2 aromatic rings. The average Bonchev–Trinajstić information content (AvgIpc) is 3.16. The number of aryl methyl sites for hydroxylation is 1. The third-order valence-corrected chi connectivity index (χ3v) is 5.85. The van der Waals surface area contributed by atoms with E-state index in [1.807, 2.05) is 20.8 Å². The van der Waals surface area contributed by atoms with E-state index in [4.69, 9.17) is 8.94 Å². The highest BCUT2D eigenvalue weighted by molar-refractivity contribution is 7.89. The molecule has 0 bridgehead atoms. The number of rotatable bonds is 5. The third-order valence-electron chi connectivity index (χ3n) is 4.44. The highest BCUT2D eigenvalue weighted by Crippen LogP contribution is 2.29. The van der Waals surface area contributed by atoms with Gasteiger partial charge in [0.05, 0.1) is 5.69 Å². The fourth-order valence-electron chi connectivity index (χ4n) is 2.85. The summed E-state index contributed by atoms with van der Waals surface area (Å²) in [7, 11) is -3.72. The lowest BCUT2D eigenvalue weighted by atomic mass is 9.95. The van der Waals surface area contributed by atoms with Crippen LogP contribution < -0.4 is 4.72 Å². The van der Waals surface area contributed by atoms with Gasteiger partial charge in [0.15, 0.2) is 5.76 Å². The van der Waals surface area contributed by atoms with E-state index in [1.54, 1.807) is 6.07 Å². The third kappa shape index (κ3) is 3.32. The number of sulfonamides is 1. The molecule has 0 saturated heterocycles. The van der Waals surface area contributed by atoms with Crippen molar-refractivity contribution in [3.8, 4) is 11.5 Å². The molecular formula is C17H22N2O4S. The maximum absolute atomic E-state index is 12.5. The summed E-state index contributed by atoms with van der Waals surface area (Å²) >= 11 is 0. The summed E-state index contributed by atoms with van der Waals surface area (Å²) in [4.78, 5) is 0. The molecule has 1 N–H and O–H groups in total. The summed E-state index contributed by atoms with van der Waals surface area (Å²) < 4.78 is 38.5. The van der Waals surface area contributed by atoms with E-state index in [0.29, 0.717) is 11.5 Å². The summed E-state index contributed by atoms with van der Waals surface area (Å²) in [6.45, 7) is 5.54. The van der Waals surface area contributed by atoms with Crippen LogP contribution in [0.1, 0.15) is 43.9 Å². The highest BCUT2D eigenvalue weighted by Gasteiger charge is 2.25. The van der Waals surface area contributed by atoms with Crippen LogP contribution in [0.15, 0.2) is 37.8 Å². The molecule has 1 aliphatic carbocycles. The van der Waals surface area contributed by atoms with Crippen LogP contribution >= 0.6 is 0 Å². The lowest BCUT2D eigenvalue weighted by molar-refractivity contribution is 0.396. The van der Waals surface area contributed by atoms with Gasteiger partial charge in [-0.05, 0) is 58.6 Å². The van der Waals surface area contributed by atoms with Crippen LogP contribution in [0.4, 0.5) is 0 Å². The van der Waals surface area contributed by atoms with Gasteiger partial charge in [-0.15, -0.1) is 0 Å². The van der Waals surface area contributed by atoms with Gasteiger partial charge in [-0.25, -0.2) is 13.1 Å². The second kappa shape index (κ2) is 6.57. The van der Waals surface area contributed by atoms with Crippen molar-refractivity contribution in [3.63, 3.8) is 0 Å². The molecule has 1 aliphatic rings. The minimum absolute atomic E-state index is 0.116. The van der Waals surface area contributed by atoms with Crippen molar-refractivity contribution in [2.24, 2.45) is 0 Å². The molecule has 130 valence electrons. The van der Waals surface area contributed by atoms with E-state index in [2.05, 4.69) is 16.0 Å². The van der Waals surface area contributed by atoms with Crippen LogP contribution in [-0.2, 0) is 10.0 Å². The maximum Gasteiger partial charge on any atom is 0.274 e. The fourth-order valence-corrected chi connectivity index (χ4v) is 4.03. The van der Waals surface area contributed by atoms with E-state index in [1.165, 1.54) is 12.5 Å². The van der Waals surface area contributed by atoms with E-state index in [0.717, 1.165) is 36.1 Å². The topological polar surface area (TPSA) is 85.3 Å². The zero-order valence-corrected chi connectivity index (χ0v) is 14.9. The minimum atomic E-state index is -3.72. The van der Waals surface area contributed by atoms with E-state index < -0.39 is 10.0 Å². The van der Waals surface area contributed by atoms with Crippen LogP contribution in [0.5, 0.6) is 0 Å². The number of aromatic nitrogens is 1. The Labute approximate surface area is 142 Å².